The van der Waals surface area contributed by atoms with Crippen LogP contribution in [-0.2, 0) is 4.18 Å². The summed E-state index contributed by atoms with van der Waals surface area (Å²) < 4.78 is 5.22. The molecule has 0 heterocycles. The minimum Gasteiger partial charge on any atom is -0.306 e. The molecule has 0 radical (unpaired) electrons. The lowest BCUT2D eigenvalue weighted by Gasteiger charge is -1.99. The normalized spacial score (nSPS) is 9.75. The predicted molar refractivity (Wildman–Crippen MR) is 53.2 cm³/mol. The topological polar surface area (TPSA) is 9.23 Å². The maximum absolute atomic E-state index is 5.22. The number of hydrogen-bond acceptors (Lipinski definition) is 2. The third kappa shape index (κ3) is 3.11. The van der Waals surface area contributed by atoms with Crippen LogP contribution in [-0.4, -0.2) is 6.61 Å². The molecule has 1 nitrogen and oxygen atoms in total. The lowest BCUT2D eigenvalue weighted by Crippen LogP contribution is -1.80. The summed E-state index contributed by atoms with van der Waals surface area (Å²) in [7, 11) is 0. The van der Waals surface area contributed by atoms with Crippen LogP contribution >= 0.6 is 12.0 Å². The number of aryl methyl sites for hydroxylation is 1. The van der Waals surface area contributed by atoms with Gasteiger partial charge in [0.05, 0.1) is 6.61 Å². The van der Waals surface area contributed by atoms with Crippen LogP contribution in [0.4, 0.5) is 0 Å². The van der Waals surface area contributed by atoms with Crippen molar-refractivity contribution in [2.24, 2.45) is 0 Å². The van der Waals surface area contributed by atoms with Crippen molar-refractivity contribution in [2.45, 2.75) is 11.8 Å². The molecule has 0 aromatic heterocycles. The van der Waals surface area contributed by atoms with E-state index in [1.54, 1.807) is 6.08 Å². The second kappa shape index (κ2) is 5.01. The van der Waals surface area contributed by atoms with E-state index in [-0.39, 0.29) is 0 Å². The fourth-order valence-corrected chi connectivity index (χ4v) is 1.49. The maximum atomic E-state index is 5.22. The van der Waals surface area contributed by atoms with Gasteiger partial charge in [-0.1, -0.05) is 18.2 Å². The Morgan fingerprint density at radius 1 is 1.58 bits per heavy atom. The SMILES string of the molecule is C=CCOSc1cccc(C)c1. The molecule has 2 heteroatoms. The third-order valence-electron chi connectivity index (χ3n) is 1.33. The van der Waals surface area contributed by atoms with E-state index >= 15 is 0 Å². The van der Waals surface area contributed by atoms with Crippen molar-refractivity contribution in [3.8, 4) is 0 Å². The Hall–Kier alpha value is -0.730. The van der Waals surface area contributed by atoms with Gasteiger partial charge in [0.1, 0.15) is 0 Å². The Bertz CT molecular complexity index is 258. The van der Waals surface area contributed by atoms with E-state index in [1.807, 2.05) is 12.1 Å². The van der Waals surface area contributed by atoms with E-state index < -0.39 is 0 Å². The molecule has 12 heavy (non-hydrogen) atoms. The van der Waals surface area contributed by atoms with Crippen molar-refractivity contribution in [3.63, 3.8) is 0 Å². The molecule has 0 bridgehead atoms. The van der Waals surface area contributed by atoms with Gasteiger partial charge in [0.25, 0.3) is 0 Å². The molecule has 0 saturated carbocycles. The van der Waals surface area contributed by atoms with Crippen LogP contribution in [0.15, 0.2) is 41.8 Å². The first-order valence-electron chi connectivity index (χ1n) is 3.80. The standard InChI is InChI=1S/C10H12OS/c1-3-7-11-12-10-6-4-5-9(2)8-10/h3-6,8H,1,7H2,2H3. The Kier molecular flexibility index (Phi) is 3.91. The summed E-state index contributed by atoms with van der Waals surface area (Å²) in [6.45, 7) is 6.22. The lowest BCUT2D eigenvalue weighted by atomic mass is 10.2. The largest absolute Gasteiger partial charge is 0.306 e. The summed E-state index contributed by atoms with van der Waals surface area (Å²) in [6, 6.07) is 8.21. The van der Waals surface area contributed by atoms with Crippen LogP contribution in [0.1, 0.15) is 5.56 Å². The highest BCUT2D eigenvalue weighted by Gasteiger charge is 1.92. The lowest BCUT2D eigenvalue weighted by molar-refractivity contribution is 0.429. The summed E-state index contributed by atoms with van der Waals surface area (Å²) in [5.41, 5.74) is 1.25. The Labute approximate surface area is 77.6 Å². The first-order valence-corrected chi connectivity index (χ1v) is 4.54. The molecule has 0 amide bonds. The van der Waals surface area contributed by atoms with Crippen molar-refractivity contribution in [3.05, 3.63) is 42.5 Å². The van der Waals surface area contributed by atoms with Crippen LogP contribution in [0.2, 0.25) is 0 Å². The molecule has 1 aromatic rings. The van der Waals surface area contributed by atoms with Gasteiger partial charge >= 0.3 is 0 Å². The van der Waals surface area contributed by atoms with E-state index in [2.05, 4.69) is 25.6 Å². The molecule has 64 valence electrons. The van der Waals surface area contributed by atoms with E-state index in [1.165, 1.54) is 17.6 Å². The van der Waals surface area contributed by atoms with Crippen molar-refractivity contribution in [2.75, 3.05) is 6.61 Å². The van der Waals surface area contributed by atoms with Crippen LogP contribution in [0.25, 0.3) is 0 Å². The van der Waals surface area contributed by atoms with Gasteiger partial charge in [-0.3, -0.25) is 0 Å². The molecule has 0 fully saturated rings. The van der Waals surface area contributed by atoms with E-state index in [9.17, 15) is 0 Å². The molecule has 0 atom stereocenters. The first kappa shape index (κ1) is 9.36. The highest BCUT2D eigenvalue weighted by molar-refractivity contribution is 7.94. The minimum atomic E-state index is 0.582. The molecule has 0 unspecified atom stereocenters. The molecular weight excluding hydrogens is 168 g/mol. The van der Waals surface area contributed by atoms with Crippen LogP contribution in [0.3, 0.4) is 0 Å². The summed E-state index contributed by atoms with van der Waals surface area (Å²) in [5, 5.41) is 0. The maximum Gasteiger partial charge on any atom is 0.0797 e. The Balaban J connectivity index is 2.46. The molecule has 1 aromatic carbocycles. The van der Waals surface area contributed by atoms with Gasteiger partial charge in [-0.05, 0) is 24.6 Å². The van der Waals surface area contributed by atoms with Gasteiger partial charge in [0.15, 0.2) is 0 Å². The zero-order chi connectivity index (χ0) is 8.81. The highest BCUT2D eigenvalue weighted by atomic mass is 32.2. The van der Waals surface area contributed by atoms with Crippen molar-refractivity contribution in [1.29, 1.82) is 0 Å². The second-order valence-electron chi connectivity index (χ2n) is 2.47. The molecule has 0 aliphatic heterocycles. The summed E-state index contributed by atoms with van der Waals surface area (Å²) in [4.78, 5) is 1.14. The molecular formula is C10H12OS. The monoisotopic (exact) mass is 180 g/mol. The molecule has 0 N–H and O–H groups in total. The predicted octanol–water partition coefficient (Wildman–Crippen LogP) is 3.20. The fourth-order valence-electron chi connectivity index (χ4n) is 0.817. The van der Waals surface area contributed by atoms with Gasteiger partial charge in [-0.15, -0.1) is 6.58 Å². The van der Waals surface area contributed by atoms with Gasteiger partial charge in [0, 0.05) is 16.9 Å². The van der Waals surface area contributed by atoms with Crippen molar-refractivity contribution >= 4 is 12.0 Å². The van der Waals surface area contributed by atoms with Crippen LogP contribution in [0.5, 0.6) is 0 Å². The third-order valence-corrected chi connectivity index (χ3v) is 2.03. The van der Waals surface area contributed by atoms with Crippen LogP contribution < -0.4 is 0 Å². The van der Waals surface area contributed by atoms with Crippen molar-refractivity contribution < 1.29 is 4.18 Å². The van der Waals surface area contributed by atoms with E-state index in [4.69, 9.17) is 4.18 Å². The van der Waals surface area contributed by atoms with Crippen molar-refractivity contribution in [1.82, 2.24) is 0 Å². The van der Waals surface area contributed by atoms with Gasteiger partial charge in [0.2, 0.25) is 0 Å². The zero-order valence-corrected chi connectivity index (χ0v) is 7.93. The highest BCUT2D eigenvalue weighted by Crippen LogP contribution is 2.19. The molecule has 0 aliphatic rings. The smallest absolute Gasteiger partial charge is 0.0797 e. The fraction of sp³-hybridized carbons (Fsp3) is 0.200. The summed E-state index contributed by atoms with van der Waals surface area (Å²) in [5.74, 6) is 0. The number of hydrogen-bond donors (Lipinski definition) is 0. The second-order valence-corrected chi connectivity index (χ2v) is 3.35. The van der Waals surface area contributed by atoms with E-state index in [0.29, 0.717) is 6.61 Å². The van der Waals surface area contributed by atoms with E-state index in [0.717, 1.165) is 4.90 Å². The molecule has 0 aliphatic carbocycles. The molecule has 0 spiro atoms. The average molecular weight is 180 g/mol. The van der Waals surface area contributed by atoms with Gasteiger partial charge in [-0.2, -0.15) is 0 Å². The number of benzene rings is 1. The van der Waals surface area contributed by atoms with Gasteiger partial charge in [-0.25, -0.2) is 0 Å². The zero-order valence-electron chi connectivity index (χ0n) is 7.12. The quantitative estimate of drug-likeness (QED) is 0.400. The average Bonchev–Trinajstić information content (AvgIpc) is 2.05. The first-order chi connectivity index (χ1) is 5.83. The Morgan fingerprint density at radius 3 is 3.08 bits per heavy atom. The summed E-state index contributed by atoms with van der Waals surface area (Å²) >= 11 is 1.39. The Morgan fingerprint density at radius 2 is 2.42 bits per heavy atom. The molecule has 0 saturated heterocycles. The number of rotatable bonds is 4. The summed E-state index contributed by atoms with van der Waals surface area (Å²) in [6.07, 6.45) is 1.74. The minimum absolute atomic E-state index is 0.582. The molecule has 1 rings (SSSR count). The van der Waals surface area contributed by atoms with Gasteiger partial charge < -0.3 is 4.18 Å². The van der Waals surface area contributed by atoms with Crippen LogP contribution in [0, 0.1) is 6.92 Å².